The molecule has 34 heavy (non-hydrogen) atoms. The summed E-state index contributed by atoms with van der Waals surface area (Å²) in [6, 6.07) is 13.4. The van der Waals surface area contributed by atoms with Crippen LogP contribution in [0.5, 0.6) is 0 Å². The summed E-state index contributed by atoms with van der Waals surface area (Å²) < 4.78 is 5.14. The lowest BCUT2D eigenvalue weighted by atomic mass is 9.75. The minimum atomic E-state index is 0.119. The number of benzene rings is 2. The minimum Gasteiger partial charge on any atom is -0.385 e. The molecule has 1 N–H and O–H groups in total. The van der Waals surface area contributed by atoms with Crippen LogP contribution in [0.1, 0.15) is 66.0 Å². The van der Waals surface area contributed by atoms with Crippen LogP contribution in [0.2, 0.25) is 0 Å². The number of nitrogens with one attached hydrogen (secondary N) is 1. The zero-order valence-corrected chi connectivity index (χ0v) is 22.1. The summed E-state index contributed by atoms with van der Waals surface area (Å²) in [6.07, 6.45) is 6.24. The van der Waals surface area contributed by atoms with E-state index in [1.165, 1.54) is 33.4 Å². The van der Waals surface area contributed by atoms with Gasteiger partial charge in [0.15, 0.2) is 0 Å². The molecule has 0 aliphatic heterocycles. The molecule has 0 amide bonds. The molecule has 3 heteroatoms. The summed E-state index contributed by atoms with van der Waals surface area (Å²) in [5.74, 6) is 0.119. The van der Waals surface area contributed by atoms with Gasteiger partial charge in [-0.3, -0.25) is 0 Å². The lowest BCUT2D eigenvalue weighted by Gasteiger charge is -2.28. The largest absolute Gasteiger partial charge is 0.385 e. The SMILES string of the molecule is C=C1C=CC(C(c2ccc(C)cc2C)c2ccc(C(=S)NCCCOC)cc2C(=C)C)=C(C)C1. The van der Waals surface area contributed by atoms with E-state index in [9.17, 15) is 0 Å². The third-order valence-electron chi connectivity index (χ3n) is 6.43. The van der Waals surface area contributed by atoms with E-state index in [2.05, 4.69) is 94.7 Å². The van der Waals surface area contributed by atoms with Gasteiger partial charge in [0.1, 0.15) is 4.99 Å². The second kappa shape index (κ2) is 11.6. The Kier molecular flexibility index (Phi) is 8.82. The molecule has 0 bridgehead atoms. The van der Waals surface area contributed by atoms with Gasteiger partial charge in [-0.15, -0.1) is 0 Å². The summed E-state index contributed by atoms with van der Waals surface area (Å²) in [7, 11) is 1.72. The Balaban J connectivity index is 2.11. The zero-order chi connectivity index (χ0) is 24.8. The average Bonchev–Trinajstić information content (AvgIpc) is 2.79. The first-order chi connectivity index (χ1) is 16.2. The van der Waals surface area contributed by atoms with Crippen LogP contribution in [-0.4, -0.2) is 25.2 Å². The van der Waals surface area contributed by atoms with Crippen LogP contribution < -0.4 is 5.32 Å². The maximum atomic E-state index is 5.70. The van der Waals surface area contributed by atoms with Gasteiger partial charge in [0, 0.05) is 31.7 Å². The third-order valence-corrected chi connectivity index (χ3v) is 6.81. The van der Waals surface area contributed by atoms with E-state index in [0.29, 0.717) is 0 Å². The lowest BCUT2D eigenvalue weighted by molar-refractivity contribution is 0.196. The average molecular weight is 472 g/mol. The summed E-state index contributed by atoms with van der Waals surface area (Å²) in [4.78, 5) is 0.762. The Labute approximate surface area is 211 Å². The van der Waals surface area contributed by atoms with Gasteiger partial charge in [-0.25, -0.2) is 0 Å². The molecule has 3 rings (SSSR count). The number of hydrogen-bond acceptors (Lipinski definition) is 2. The standard InChI is InChI=1S/C31H37NOS/c1-20(2)29-19-25(31(34)32-15-8-16-33-7)11-14-28(29)30(26-12-9-21(3)17-23(26)5)27-13-10-22(4)18-24(27)6/h9-14,18-19,30H,1,3,8,15-17H2,2,4-7H3,(H,32,34). The van der Waals surface area contributed by atoms with Gasteiger partial charge >= 0.3 is 0 Å². The van der Waals surface area contributed by atoms with Crippen LogP contribution in [0.4, 0.5) is 0 Å². The molecule has 1 atom stereocenters. The minimum absolute atomic E-state index is 0.119. The van der Waals surface area contributed by atoms with Crippen molar-refractivity contribution in [3.05, 3.63) is 112 Å². The first kappa shape index (κ1) is 25.9. The van der Waals surface area contributed by atoms with Crippen LogP contribution in [-0.2, 0) is 4.74 Å². The van der Waals surface area contributed by atoms with Crippen molar-refractivity contribution in [2.45, 2.75) is 46.5 Å². The van der Waals surface area contributed by atoms with Gasteiger partial charge in [0.25, 0.3) is 0 Å². The van der Waals surface area contributed by atoms with E-state index in [1.54, 1.807) is 7.11 Å². The fourth-order valence-corrected chi connectivity index (χ4v) is 4.91. The van der Waals surface area contributed by atoms with Crippen molar-refractivity contribution < 1.29 is 4.74 Å². The molecule has 0 saturated heterocycles. The Morgan fingerprint density at radius 1 is 1.09 bits per heavy atom. The molecule has 1 unspecified atom stereocenters. The molecule has 1 aliphatic rings. The lowest BCUT2D eigenvalue weighted by Crippen LogP contribution is -2.24. The van der Waals surface area contributed by atoms with Crippen molar-refractivity contribution >= 4 is 22.8 Å². The molecule has 0 radical (unpaired) electrons. The van der Waals surface area contributed by atoms with Gasteiger partial charge in [0.05, 0.1) is 0 Å². The van der Waals surface area contributed by atoms with Crippen molar-refractivity contribution in [3.63, 3.8) is 0 Å². The van der Waals surface area contributed by atoms with Crippen molar-refractivity contribution in [2.75, 3.05) is 20.3 Å². The molecule has 2 aromatic rings. The van der Waals surface area contributed by atoms with Crippen molar-refractivity contribution in [3.8, 4) is 0 Å². The van der Waals surface area contributed by atoms with Crippen LogP contribution in [0, 0.1) is 13.8 Å². The number of aryl methyl sites for hydroxylation is 2. The highest BCUT2D eigenvalue weighted by molar-refractivity contribution is 7.80. The van der Waals surface area contributed by atoms with Gasteiger partial charge in [-0.2, -0.15) is 0 Å². The predicted molar refractivity (Wildman–Crippen MR) is 151 cm³/mol. The van der Waals surface area contributed by atoms with Crippen LogP contribution in [0.25, 0.3) is 5.57 Å². The summed E-state index contributed by atoms with van der Waals surface area (Å²) >= 11 is 5.70. The number of allylic oxidation sites excluding steroid dienone is 6. The molecule has 178 valence electrons. The topological polar surface area (TPSA) is 21.3 Å². The Morgan fingerprint density at radius 2 is 1.82 bits per heavy atom. The van der Waals surface area contributed by atoms with Crippen LogP contribution >= 0.6 is 12.2 Å². The maximum absolute atomic E-state index is 5.70. The Morgan fingerprint density at radius 3 is 2.47 bits per heavy atom. The smallest absolute Gasteiger partial charge is 0.106 e. The number of rotatable bonds is 9. The highest BCUT2D eigenvalue weighted by atomic mass is 32.1. The Hall–Kier alpha value is -2.75. The highest BCUT2D eigenvalue weighted by Crippen LogP contribution is 2.42. The summed E-state index contributed by atoms with van der Waals surface area (Å²) in [6.45, 7) is 18.7. The van der Waals surface area contributed by atoms with Crippen molar-refractivity contribution in [1.82, 2.24) is 5.32 Å². The molecular formula is C31H37NOS. The normalized spacial score (nSPS) is 14.3. The van der Waals surface area contributed by atoms with Crippen molar-refractivity contribution in [1.29, 1.82) is 0 Å². The van der Waals surface area contributed by atoms with Crippen LogP contribution in [0.3, 0.4) is 0 Å². The van der Waals surface area contributed by atoms with E-state index < -0.39 is 0 Å². The fraction of sp³-hybridized carbons (Fsp3) is 0.323. The second-order valence-electron chi connectivity index (χ2n) is 9.38. The zero-order valence-electron chi connectivity index (χ0n) is 21.3. The number of ether oxygens (including phenoxy) is 1. The number of methoxy groups -OCH3 is 1. The summed E-state index contributed by atoms with van der Waals surface area (Å²) in [5.41, 5.74) is 12.2. The van der Waals surface area contributed by atoms with Gasteiger partial charge in [-0.05, 0) is 74.4 Å². The van der Waals surface area contributed by atoms with Gasteiger partial charge < -0.3 is 10.1 Å². The molecule has 0 heterocycles. The van der Waals surface area contributed by atoms with E-state index in [-0.39, 0.29) is 5.92 Å². The monoisotopic (exact) mass is 471 g/mol. The van der Waals surface area contributed by atoms with Crippen molar-refractivity contribution in [2.24, 2.45) is 0 Å². The van der Waals surface area contributed by atoms with E-state index in [4.69, 9.17) is 17.0 Å². The molecule has 1 aliphatic carbocycles. The van der Waals surface area contributed by atoms with E-state index >= 15 is 0 Å². The first-order valence-corrected chi connectivity index (χ1v) is 12.3. The van der Waals surface area contributed by atoms with E-state index in [1.807, 2.05) is 0 Å². The molecule has 0 fully saturated rings. The number of hydrogen-bond donors (Lipinski definition) is 1. The molecule has 2 nitrogen and oxygen atoms in total. The second-order valence-corrected chi connectivity index (χ2v) is 9.79. The van der Waals surface area contributed by atoms with Gasteiger partial charge in [0.2, 0.25) is 0 Å². The van der Waals surface area contributed by atoms with Gasteiger partial charge in [-0.1, -0.05) is 90.1 Å². The van der Waals surface area contributed by atoms with Crippen LogP contribution in [0.15, 0.2) is 78.4 Å². The summed E-state index contributed by atoms with van der Waals surface area (Å²) in [5, 5.41) is 3.36. The molecule has 0 aromatic heterocycles. The fourth-order valence-electron chi connectivity index (χ4n) is 4.69. The Bertz CT molecular complexity index is 1170. The third kappa shape index (κ3) is 6.02. The molecule has 2 aromatic carbocycles. The molecule has 0 spiro atoms. The maximum Gasteiger partial charge on any atom is 0.106 e. The highest BCUT2D eigenvalue weighted by Gasteiger charge is 2.26. The molecule has 0 saturated carbocycles. The number of thiocarbonyl (C=S) groups is 1. The quantitative estimate of drug-likeness (QED) is 0.300. The van der Waals surface area contributed by atoms with E-state index in [0.717, 1.165) is 53.3 Å². The molecular weight excluding hydrogens is 434 g/mol. The predicted octanol–water partition coefficient (Wildman–Crippen LogP) is 7.60. The first-order valence-electron chi connectivity index (χ1n) is 11.9.